The van der Waals surface area contributed by atoms with Crippen molar-refractivity contribution in [3.05, 3.63) is 60.7 Å². The van der Waals surface area contributed by atoms with Crippen molar-refractivity contribution in [3.8, 4) is 11.5 Å². The van der Waals surface area contributed by atoms with Crippen molar-refractivity contribution in [1.82, 2.24) is 0 Å². The van der Waals surface area contributed by atoms with Gasteiger partial charge in [0.15, 0.2) is 17.3 Å². The molecule has 0 aromatic heterocycles. The van der Waals surface area contributed by atoms with Gasteiger partial charge in [-0.3, -0.25) is 0 Å². The molecule has 2 aromatic rings. The molecule has 0 atom stereocenters. The van der Waals surface area contributed by atoms with E-state index in [0.29, 0.717) is 29.4 Å². The largest absolute Gasteiger partial charge is 0.493 e. The van der Waals surface area contributed by atoms with Crippen LogP contribution in [0, 0.1) is 0 Å². The normalized spacial score (nSPS) is 14.8. The maximum absolute atomic E-state index is 12.3. The molecule has 0 spiro atoms. The SMILES string of the molecule is C=CCOc1ccc(C2=NS(=O)(=O)c3ccccc3N2)cc1OC. The van der Waals surface area contributed by atoms with E-state index in [1.807, 2.05) is 0 Å². The number of sulfonamides is 1. The Hall–Kier alpha value is -2.80. The van der Waals surface area contributed by atoms with Gasteiger partial charge in [-0.05, 0) is 30.3 Å². The summed E-state index contributed by atoms with van der Waals surface area (Å²) in [6.45, 7) is 3.94. The van der Waals surface area contributed by atoms with Crippen molar-refractivity contribution in [1.29, 1.82) is 0 Å². The maximum atomic E-state index is 12.3. The van der Waals surface area contributed by atoms with Crippen LogP contribution >= 0.6 is 0 Å². The summed E-state index contributed by atoms with van der Waals surface area (Å²) in [4.78, 5) is 0.159. The predicted molar refractivity (Wildman–Crippen MR) is 92.5 cm³/mol. The molecule has 0 saturated heterocycles. The van der Waals surface area contributed by atoms with Crippen LogP contribution in [0.5, 0.6) is 11.5 Å². The lowest BCUT2D eigenvalue weighted by Gasteiger charge is -2.19. The minimum atomic E-state index is -3.74. The standard InChI is InChI=1S/C17H16N2O4S/c1-3-10-23-14-9-8-12(11-15(14)22-2)17-18-13-6-4-5-7-16(13)24(20,21)19-17/h3-9,11H,1,10H2,2H3,(H,18,19). The summed E-state index contributed by atoms with van der Waals surface area (Å²) in [7, 11) is -2.23. The van der Waals surface area contributed by atoms with Crippen molar-refractivity contribution in [2.45, 2.75) is 4.90 Å². The number of para-hydroxylation sites is 1. The Morgan fingerprint density at radius 2 is 2.00 bits per heavy atom. The van der Waals surface area contributed by atoms with Crippen LogP contribution in [-0.2, 0) is 10.0 Å². The number of hydrogen-bond acceptors (Lipinski definition) is 5. The average Bonchev–Trinajstić information content (AvgIpc) is 2.59. The molecule has 0 aliphatic carbocycles. The second-order valence-corrected chi connectivity index (χ2v) is 6.57. The Balaban J connectivity index is 2.01. The van der Waals surface area contributed by atoms with Gasteiger partial charge >= 0.3 is 0 Å². The van der Waals surface area contributed by atoms with Crippen molar-refractivity contribution >= 4 is 21.5 Å². The zero-order chi connectivity index (χ0) is 17.2. The van der Waals surface area contributed by atoms with E-state index in [9.17, 15) is 8.42 Å². The molecule has 24 heavy (non-hydrogen) atoms. The first-order valence-electron chi connectivity index (χ1n) is 7.18. The third-order valence-corrected chi connectivity index (χ3v) is 4.76. The van der Waals surface area contributed by atoms with E-state index in [0.717, 1.165) is 0 Å². The fourth-order valence-corrected chi connectivity index (χ4v) is 3.46. The number of nitrogens with zero attached hydrogens (tertiary/aromatic N) is 1. The highest BCUT2D eigenvalue weighted by atomic mass is 32.2. The number of rotatable bonds is 5. The number of benzene rings is 2. The van der Waals surface area contributed by atoms with Crippen LogP contribution in [0.2, 0.25) is 0 Å². The van der Waals surface area contributed by atoms with Crippen LogP contribution < -0.4 is 14.8 Å². The van der Waals surface area contributed by atoms with Crippen molar-refractivity contribution in [2.75, 3.05) is 19.0 Å². The van der Waals surface area contributed by atoms with Gasteiger partial charge in [-0.25, -0.2) is 0 Å². The summed E-state index contributed by atoms with van der Waals surface area (Å²) < 4.78 is 39.3. The van der Waals surface area contributed by atoms with Crippen LogP contribution in [0.15, 0.2) is 64.4 Å². The van der Waals surface area contributed by atoms with Crippen molar-refractivity contribution < 1.29 is 17.9 Å². The summed E-state index contributed by atoms with van der Waals surface area (Å²) >= 11 is 0. The number of amidine groups is 1. The zero-order valence-electron chi connectivity index (χ0n) is 13.0. The van der Waals surface area contributed by atoms with Gasteiger partial charge in [0.25, 0.3) is 10.0 Å². The van der Waals surface area contributed by atoms with Gasteiger partial charge in [-0.2, -0.15) is 8.42 Å². The van der Waals surface area contributed by atoms with E-state index in [1.165, 1.54) is 13.2 Å². The molecule has 0 fully saturated rings. The quantitative estimate of drug-likeness (QED) is 0.844. The summed E-state index contributed by atoms with van der Waals surface area (Å²) in [5.74, 6) is 1.26. The molecule has 1 aliphatic rings. The van der Waals surface area contributed by atoms with Gasteiger partial charge in [-0.15, -0.1) is 4.40 Å². The number of nitrogens with one attached hydrogen (secondary N) is 1. The predicted octanol–water partition coefficient (Wildman–Crippen LogP) is 2.82. The molecule has 0 unspecified atom stereocenters. The minimum Gasteiger partial charge on any atom is -0.493 e. The molecule has 124 valence electrons. The fraction of sp³-hybridized carbons (Fsp3) is 0.118. The first-order chi connectivity index (χ1) is 11.5. The van der Waals surface area contributed by atoms with E-state index in [1.54, 1.807) is 42.5 Å². The number of methoxy groups -OCH3 is 1. The Labute approximate surface area is 140 Å². The molecule has 0 bridgehead atoms. The molecule has 1 aliphatic heterocycles. The van der Waals surface area contributed by atoms with Crippen LogP contribution in [0.4, 0.5) is 5.69 Å². The molecule has 2 aromatic carbocycles. The number of hydrogen-bond donors (Lipinski definition) is 1. The molecule has 1 N–H and O–H groups in total. The van der Waals surface area contributed by atoms with Gasteiger partial charge < -0.3 is 14.8 Å². The van der Waals surface area contributed by atoms with Gasteiger partial charge in [-0.1, -0.05) is 24.8 Å². The first kappa shape index (κ1) is 16.1. The highest BCUT2D eigenvalue weighted by Crippen LogP contribution is 2.32. The smallest absolute Gasteiger partial charge is 0.286 e. The second-order valence-electron chi connectivity index (χ2n) is 5.00. The third-order valence-electron chi connectivity index (χ3n) is 3.42. The van der Waals surface area contributed by atoms with Gasteiger partial charge in [0.05, 0.1) is 12.8 Å². The summed E-state index contributed by atoms with van der Waals surface area (Å²) in [6, 6.07) is 11.7. The number of ether oxygens (including phenoxy) is 2. The molecule has 0 radical (unpaired) electrons. The highest BCUT2D eigenvalue weighted by molar-refractivity contribution is 7.90. The Bertz CT molecular complexity index is 920. The molecule has 6 nitrogen and oxygen atoms in total. The van der Waals surface area contributed by atoms with Crippen molar-refractivity contribution in [3.63, 3.8) is 0 Å². The number of fused-ring (bicyclic) bond motifs is 1. The third kappa shape index (κ3) is 2.98. The highest BCUT2D eigenvalue weighted by Gasteiger charge is 2.25. The van der Waals surface area contributed by atoms with Crippen LogP contribution in [-0.4, -0.2) is 28.0 Å². The zero-order valence-corrected chi connectivity index (χ0v) is 13.8. The Morgan fingerprint density at radius 1 is 1.21 bits per heavy atom. The summed E-state index contributed by atoms with van der Waals surface area (Å²) in [6.07, 6.45) is 1.63. The second kappa shape index (κ2) is 6.37. The van der Waals surface area contributed by atoms with Gasteiger partial charge in [0, 0.05) is 5.56 Å². The van der Waals surface area contributed by atoms with Gasteiger partial charge in [0.2, 0.25) is 0 Å². The molecule has 0 amide bonds. The summed E-state index contributed by atoms with van der Waals surface area (Å²) in [5, 5.41) is 3.04. The van der Waals surface area contributed by atoms with Crippen molar-refractivity contribution in [2.24, 2.45) is 4.40 Å². The van der Waals surface area contributed by atoms with E-state index >= 15 is 0 Å². The van der Waals surface area contributed by atoms with Crippen LogP contribution in [0.3, 0.4) is 0 Å². The molecule has 3 rings (SSSR count). The fourth-order valence-electron chi connectivity index (χ4n) is 2.32. The van der Waals surface area contributed by atoms with E-state index in [-0.39, 0.29) is 10.7 Å². The van der Waals surface area contributed by atoms with E-state index in [2.05, 4.69) is 16.3 Å². The van der Waals surface area contributed by atoms with Gasteiger partial charge in [0.1, 0.15) is 11.5 Å². The lowest BCUT2D eigenvalue weighted by atomic mass is 10.1. The first-order valence-corrected chi connectivity index (χ1v) is 8.62. The molecule has 1 heterocycles. The Morgan fingerprint density at radius 3 is 2.75 bits per heavy atom. The number of anilines is 1. The summed E-state index contributed by atoms with van der Waals surface area (Å²) in [5.41, 5.74) is 1.07. The molecular weight excluding hydrogens is 328 g/mol. The molecular formula is C17H16N2O4S. The molecule has 7 heteroatoms. The Kier molecular flexibility index (Phi) is 4.26. The van der Waals surface area contributed by atoms with Crippen LogP contribution in [0.25, 0.3) is 0 Å². The van der Waals surface area contributed by atoms with E-state index in [4.69, 9.17) is 9.47 Å². The minimum absolute atomic E-state index is 0.159. The lowest BCUT2D eigenvalue weighted by molar-refractivity contribution is 0.326. The average molecular weight is 344 g/mol. The van der Waals surface area contributed by atoms with E-state index < -0.39 is 10.0 Å². The maximum Gasteiger partial charge on any atom is 0.286 e. The topological polar surface area (TPSA) is 77.0 Å². The molecule has 0 saturated carbocycles. The monoisotopic (exact) mass is 344 g/mol. The van der Waals surface area contributed by atoms with Crippen LogP contribution in [0.1, 0.15) is 5.56 Å². The lowest BCUT2D eigenvalue weighted by Crippen LogP contribution is -2.22.